The maximum atomic E-state index is 15.6. The highest BCUT2D eigenvalue weighted by molar-refractivity contribution is 5.41. The molecule has 228 valence electrons. The number of halogens is 5. The fourth-order valence-corrected chi connectivity index (χ4v) is 6.45. The normalized spacial score (nSPS) is 19.6. The number of benzene rings is 1. The molecule has 2 aliphatic rings. The summed E-state index contributed by atoms with van der Waals surface area (Å²) in [6, 6.07) is 4.03. The Bertz CT molecular complexity index is 1150. The molecule has 1 saturated carbocycles. The van der Waals surface area contributed by atoms with Crippen molar-refractivity contribution in [3.05, 3.63) is 58.0 Å². The summed E-state index contributed by atoms with van der Waals surface area (Å²) in [6.45, 7) is 6.87. The first kappa shape index (κ1) is 31.7. The predicted molar refractivity (Wildman–Crippen MR) is 153 cm³/mol. The second kappa shape index (κ2) is 14.3. The Morgan fingerprint density at radius 2 is 1.68 bits per heavy atom. The first-order valence-corrected chi connectivity index (χ1v) is 15.8. The molecule has 0 N–H and O–H groups in total. The molecule has 1 fully saturated rings. The molecule has 0 saturated heterocycles. The van der Waals surface area contributed by atoms with Crippen molar-refractivity contribution < 1.29 is 26.7 Å². The minimum absolute atomic E-state index is 0.00479. The molecule has 41 heavy (non-hydrogen) atoms. The van der Waals surface area contributed by atoms with Crippen molar-refractivity contribution in [2.24, 2.45) is 17.8 Å². The molecule has 1 aromatic heterocycles. The van der Waals surface area contributed by atoms with E-state index in [0.717, 1.165) is 50.4 Å². The first-order chi connectivity index (χ1) is 19.7. The van der Waals surface area contributed by atoms with Gasteiger partial charge in [-0.1, -0.05) is 77.8 Å². The Morgan fingerprint density at radius 1 is 0.927 bits per heavy atom. The van der Waals surface area contributed by atoms with Gasteiger partial charge in [-0.05, 0) is 73.8 Å². The summed E-state index contributed by atoms with van der Waals surface area (Å²) in [6.07, 6.45) is 12.1. The van der Waals surface area contributed by atoms with E-state index in [4.69, 9.17) is 4.74 Å². The second-order valence-electron chi connectivity index (χ2n) is 12.4. The van der Waals surface area contributed by atoms with Crippen LogP contribution in [-0.2, 0) is 18.8 Å². The molecular weight excluding hydrogens is 533 g/mol. The van der Waals surface area contributed by atoms with Gasteiger partial charge in [-0.15, -0.1) is 0 Å². The first-order valence-electron chi connectivity index (χ1n) is 15.8. The smallest absolute Gasteiger partial charge is 0.284 e. The van der Waals surface area contributed by atoms with Gasteiger partial charge in [-0.2, -0.15) is 9.37 Å². The monoisotopic (exact) mass is 579 g/mol. The van der Waals surface area contributed by atoms with E-state index in [1.807, 2.05) is 0 Å². The molecule has 7 heteroatoms. The number of rotatable bonds is 16. The lowest BCUT2D eigenvalue weighted by molar-refractivity contribution is -0.0486. The molecule has 0 spiro atoms. The molecule has 3 unspecified atom stereocenters. The average Bonchev–Trinajstić information content (AvgIpc) is 3.78. The number of hydrogen-bond acceptors (Lipinski definition) is 2. The zero-order valence-electron chi connectivity index (χ0n) is 24.9. The van der Waals surface area contributed by atoms with Gasteiger partial charge < -0.3 is 4.74 Å². The minimum Gasteiger partial charge on any atom is -0.478 e. The largest absolute Gasteiger partial charge is 0.478 e. The number of pyridine rings is 1. The predicted octanol–water partition coefficient (Wildman–Crippen LogP) is 10.5. The summed E-state index contributed by atoms with van der Waals surface area (Å²) < 4.78 is 82.0. The van der Waals surface area contributed by atoms with Crippen LogP contribution in [0.3, 0.4) is 0 Å². The summed E-state index contributed by atoms with van der Waals surface area (Å²) in [5, 5.41) is 0. The third-order valence-corrected chi connectivity index (χ3v) is 9.45. The van der Waals surface area contributed by atoms with Crippen LogP contribution in [-0.4, -0.2) is 11.6 Å². The third-order valence-electron chi connectivity index (χ3n) is 9.45. The lowest BCUT2D eigenvalue weighted by atomic mass is 9.77. The molecule has 0 aliphatic heterocycles. The van der Waals surface area contributed by atoms with Crippen molar-refractivity contribution >= 4 is 0 Å². The molecule has 0 radical (unpaired) electrons. The zero-order valence-corrected chi connectivity index (χ0v) is 24.9. The van der Waals surface area contributed by atoms with Crippen LogP contribution in [0.4, 0.5) is 22.0 Å². The molecule has 4 rings (SSSR count). The minimum atomic E-state index is -3.73. The van der Waals surface area contributed by atoms with Crippen LogP contribution in [0, 0.1) is 35.3 Å². The van der Waals surface area contributed by atoms with Crippen molar-refractivity contribution in [1.82, 2.24) is 4.98 Å². The van der Waals surface area contributed by atoms with Gasteiger partial charge in [-0.3, -0.25) is 0 Å². The van der Waals surface area contributed by atoms with Gasteiger partial charge in [0.1, 0.15) is 0 Å². The number of aromatic nitrogens is 1. The van der Waals surface area contributed by atoms with Crippen LogP contribution in [0.15, 0.2) is 18.2 Å². The number of aryl methyl sites for hydroxylation is 2. The SMILES string of the molecule is CCC(C)CCCCc1ccc(C2CCc3cc(OCCCCCC(CC)C4CC4)nc(F)c3C2(F)F)c(F)c1F. The summed E-state index contributed by atoms with van der Waals surface area (Å²) in [5.41, 5.74) is -0.936. The number of ether oxygens (including phenoxy) is 1. The molecular formula is C34H46F5NO. The van der Waals surface area contributed by atoms with Gasteiger partial charge in [0.05, 0.1) is 18.1 Å². The van der Waals surface area contributed by atoms with Crippen LogP contribution < -0.4 is 4.74 Å². The number of hydrogen-bond donors (Lipinski definition) is 0. The molecule has 3 atom stereocenters. The molecule has 0 amide bonds. The van der Waals surface area contributed by atoms with E-state index in [-0.39, 0.29) is 29.8 Å². The summed E-state index contributed by atoms with van der Waals surface area (Å²) in [7, 11) is 0. The molecule has 1 aromatic carbocycles. The Labute approximate surface area is 242 Å². The fourth-order valence-electron chi connectivity index (χ4n) is 6.45. The van der Waals surface area contributed by atoms with Crippen LogP contribution in [0.2, 0.25) is 0 Å². The number of fused-ring (bicyclic) bond motifs is 1. The van der Waals surface area contributed by atoms with Crippen molar-refractivity contribution in [3.8, 4) is 5.88 Å². The lowest BCUT2D eigenvalue weighted by Crippen LogP contribution is -2.32. The Hall–Kier alpha value is -2.18. The van der Waals surface area contributed by atoms with E-state index in [9.17, 15) is 4.39 Å². The second-order valence-corrected chi connectivity index (χ2v) is 12.4. The average molecular weight is 580 g/mol. The van der Waals surface area contributed by atoms with Gasteiger partial charge in [-0.25, -0.2) is 17.6 Å². The fraction of sp³-hybridized carbons (Fsp3) is 0.676. The van der Waals surface area contributed by atoms with Crippen molar-refractivity contribution in [2.45, 2.75) is 123 Å². The number of unbranched alkanes of at least 4 members (excludes halogenated alkanes) is 3. The highest BCUT2D eigenvalue weighted by Crippen LogP contribution is 2.51. The van der Waals surface area contributed by atoms with Gasteiger partial charge >= 0.3 is 0 Å². The van der Waals surface area contributed by atoms with E-state index in [2.05, 4.69) is 25.8 Å². The summed E-state index contributed by atoms with van der Waals surface area (Å²) in [4.78, 5) is 3.68. The third kappa shape index (κ3) is 7.81. The summed E-state index contributed by atoms with van der Waals surface area (Å²) >= 11 is 0. The van der Waals surface area contributed by atoms with E-state index in [1.54, 1.807) is 0 Å². The van der Waals surface area contributed by atoms with Gasteiger partial charge in [0.25, 0.3) is 5.92 Å². The van der Waals surface area contributed by atoms with E-state index in [0.29, 0.717) is 25.4 Å². The highest BCUT2D eigenvalue weighted by atomic mass is 19.3. The molecule has 2 nitrogen and oxygen atoms in total. The molecule has 1 heterocycles. The van der Waals surface area contributed by atoms with Crippen LogP contribution >= 0.6 is 0 Å². The Morgan fingerprint density at radius 3 is 2.39 bits per heavy atom. The van der Waals surface area contributed by atoms with E-state index in [1.165, 1.54) is 43.9 Å². The van der Waals surface area contributed by atoms with Gasteiger partial charge in [0.2, 0.25) is 11.8 Å². The topological polar surface area (TPSA) is 22.1 Å². The standard InChI is InChI=1S/C34H46F5NO/c1-4-22(3)11-8-9-13-25-16-18-27(32(36)31(25)35)28-19-17-26-21-29(40-33(37)30(26)34(28,38)39)41-20-10-6-7-12-23(5-2)24-14-15-24/h16,18,21-24,28H,4-15,17,19-20H2,1-3H3. The quantitative estimate of drug-likeness (QED) is 0.112. The highest BCUT2D eigenvalue weighted by Gasteiger charge is 2.50. The molecule has 0 bridgehead atoms. The number of nitrogens with zero attached hydrogens (tertiary/aromatic N) is 1. The maximum Gasteiger partial charge on any atom is 0.284 e. The maximum absolute atomic E-state index is 15.6. The van der Waals surface area contributed by atoms with Crippen LogP contribution in [0.1, 0.15) is 126 Å². The van der Waals surface area contributed by atoms with Gasteiger partial charge in [0.15, 0.2) is 11.6 Å². The van der Waals surface area contributed by atoms with Crippen LogP contribution in [0.25, 0.3) is 0 Å². The molecule has 2 aromatic rings. The van der Waals surface area contributed by atoms with Crippen molar-refractivity contribution in [1.29, 1.82) is 0 Å². The van der Waals surface area contributed by atoms with Crippen molar-refractivity contribution in [3.63, 3.8) is 0 Å². The van der Waals surface area contributed by atoms with E-state index >= 15 is 17.6 Å². The van der Waals surface area contributed by atoms with Crippen molar-refractivity contribution in [2.75, 3.05) is 6.61 Å². The Balaban J connectivity index is 1.36. The number of alkyl halides is 2. The Kier molecular flexibility index (Phi) is 11.1. The van der Waals surface area contributed by atoms with Crippen LogP contribution in [0.5, 0.6) is 5.88 Å². The zero-order chi connectivity index (χ0) is 29.6. The van der Waals surface area contributed by atoms with E-state index < -0.39 is 40.5 Å². The molecule has 2 aliphatic carbocycles. The summed E-state index contributed by atoms with van der Waals surface area (Å²) in [5.74, 6) is -6.75. The van der Waals surface area contributed by atoms with Gasteiger partial charge in [0, 0.05) is 11.6 Å². The lowest BCUT2D eigenvalue weighted by Gasteiger charge is -2.34.